The molecule has 4 rings (SSSR count). The number of carbonyl (C=O) groups excluding carboxylic acids is 1. The van der Waals surface area contributed by atoms with Crippen molar-refractivity contribution in [1.29, 1.82) is 0 Å². The molecular formula is C28H30Cl2N2O2S. The van der Waals surface area contributed by atoms with Gasteiger partial charge in [-0.15, -0.1) is 11.3 Å². The molecule has 1 amide bonds. The normalized spacial score (nSPS) is 15.8. The number of anilines is 1. The molecule has 184 valence electrons. The zero-order valence-electron chi connectivity index (χ0n) is 20.5. The van der Waals surface area contributed by atoms with Crippen LogP contribution in [0.2, 0.25) is 10.0 Å². The molecule has 0 radical (unpaired) electrons. The third kappa shape index (κ3) is 6.08. The van der Waals surface area contributed by atoms with Crippen LogP contribution < -0.4 is 10.1 Å². The van der Waals surface area contributed by atoms with Gasteiger partial charge in [-0.1, -0.05) is 44.0 Å². The zero-order chi connectivity index (χ0) is 25.2. The van der Waals surface area contributed by atoms with E-state index in [1.165, 1.54) is 4.88 Å². The highest BCUT2D eigenvalue weighted by atomic mass is 35.5. The molecule has 1 aliphatic carbocycles. The maximum absolute atomic E-state index is 13.5. The summed E-state index contributed by atoms with van der Waals surface area (Å²) in [6.45, 7) is 9.35. The Hall–Kier alpha value is -2.34. The highest BCUT2D eigenvalue weighted by Gasteiger charge is 2.33. The summed E-state index contributed by atoms with van der Waals surface area (Å²) in [6.07, 6.45) is 4.63. The molecular weight excluding hydrogens is 499 g/mol. The molecule has 35 heavy (non-hydrogen) atoms. The number of carbonyl (C=O) groups is 1. The summed E-state index contributed by atoms with van der Waals surface area (Å²) >= 11 is 13.9. The van der Waals surface area contributed by atoms with Gasteiger partial charge in [0.15, 0.2) is 0 Å². The molecule has 0 aliphatic heterocycles. The van der Waals surface area contributed by atoms with E-state index in [2.05, 4.69) is 26.1 Å². The van der Waals surface area contributed by atoms with Gasteiger partial charge < -0.3 is 10.1 Å². The Labute approximate surface area is 221 Å². The van der Waals surface area contributed by atoms with E-state index in [0.717, 1.165) is 30.4 Å². The predicted molar refractivity (Wildman–Crippen MR) is 149 cm³/mol. The van der Waals surface area contributed by atoms with Crippen molar-refractivity contribution >= 4 is 57.3 Å². The third-order valence-corrected chi connectivity index (χ3v) is 8.04. The van der Waals surface area contributed by atoms with E-state index in [4.69, 9.17) is 32.9 Å². The largest absolute Gasteiger partial charge is 0.493 e. The maximum atomic E-state index is 13.5. The molecule has 1 N–H and O–H groups in total. The van der Waals surface area contributed by atoms with Crippen LogP contribution in [0.3, 0.4) is 0 Å². The van der Waals surface area contributed by atoms with Crippen LogP contribution in [0.1, 0.15) is 60.5 Å². The molecule has 7 heteroatoms. The van der Waals surface area contributed by atoms with Crippen LogP contribution in [-0.4, -0.2) is 18.7 Å². The Bertz CT molecular complexity index is 1240. The minimum Gasteiger partial charge on any atom is -0.493 e. The van der Waals surface area contributed by atoms with Gasteiger partial charge in [-0.3, -0.25) is 4.79 Å². The number of thiophene rings is 1. The average Bonchev–Trinajstić information content (AvgIpc) is 3.18. The van der Waals surface area contributed by atoms with Gasteiger partial charge in [0.05, 0.1) is 12.2 Å². The van der Waals surface area contributed by atoms with Crippen LogP contribution in [0.15, 0.2) is 47.5 Å². The number of hydrogen-bond acceptors (Lipinski definition) is 4. The third-order valence-electron chi connectivity index (χ3n) is 6.39. The van der Waals surface area contributed by atoms with Crippen molar-refractivity contribution in [2.24, 2.45) is 16.3 Å². The zero-order valence-corrected chi connectivity index (χ0v) is 22.8. The molecule has 0 bridgehead atoms. The summed E-state index contributed by atoms with van der Waals surface area (Å²) < 4.78 is 5.74. The minimum absolute atomic E-state index is 0.151. The SMILES string of the molecule is CCOc1ccc(Cl)cc1C=Nc1sc2c(c1C(=O)Nc1ccc(Cl)cc1)CC[C@@H](C(C)(C)C)C2. The Morgan fingerprint density at radius 1 is 1.17 bits per heavy atom. The molecule has 1 aromatic heterocycles. The monoisotopic (exact) mass is 528 g/mol. The summed E-state index contributed by atoms with van der Waals surface area (Å²) in [4.78, 5) is 19.6. The number of amides is 1. The molecule has 3 aromatic rings. The Kier molecular flexibility index (Phi) is 7.89. The lowest BCUT2D eigenvalue weighted by atomic mass is 9.72. The van der Waals surface area contributed by atoms with Crippen molar-refractivity contribution in [2.45, 2.75) is 47.0 Å². The van der Waals surface area contributed by atoms with Crippen molar-refractivity contribution < 1.29 is 9.53 Å². The van der Waals surface area contributed by atoms with Crippen molar-refractivity contribution in [3.8, 4) is 5.75 Å². The summed E-state index contributed by atoms with van der Waals surface area (Å²) in [5.74, 6) is 1.12. The van der Waals surface area contributed by atoms with Gasteiger partial charge in [0.2, 0.25) is 0 Å². The van der Waals surface area contributed by atoms with Crippen LogP contribution in [0.4, 0.5) is 10.7 Å². The van der Waals surface area contributed by atoms with Crippen LogP contribution in [0.25, 0.3) is 0 Å². The minimum atomic E-state index is -0.151. The lowest BCUT2D eigenvalue weighted by Gasteiger charge is -2.33. The second-order valence-corrected chi connectivity index (χ2v) is 11.8. The number of ether oxygens (including phenoxy) is 1. The van der Waals surface area contributed by atoms with Crippen molar-refractivity contribution in [2.75, 3.05) is 11.9 Å². The summed E-state index contributed by atoms with van der Waals surface area (Å²) in [7, 11) is 0. The first-order valence-corrected chi connectivity index (χ1v) is 13.4. The molecule has 4 nitrogen and oxygen atoms in total. The highest BCUT2D eigenvalue weighted by molar-refractivity contribution is 7.16. The lowest BCUT2D eigenvalue weighted by Crippen LogP contribution is -2.27. The van der Waals surface area contributed by atoms with Crippen molar-refractivity contribution in [1.82, 2.24) is 0 Å². The van der Waals surface area contributed by atoms with Crippen LogP contribution in [-0.2, 0) is 12.8 Å². The first-order valence-electron chi connectivity index (χ1n) is 11.8. The Morgan fingerprint density at radius 2 is 1.89 bits per heavy atom. The molecule has 0 spiro atoms. The van der Waals surface area contributed by atoms with Crippen molar-refractivity contribution in [3.63, 3.8) is 0 Å². The van der Waals surface area contributed by atoms with Gasteiger partial charge in [-0.2, -0.15) is 0 Å². The van der Waals surface area contributed by atoms with E-state index in [9.17, 15) is 4.79 Å². The molecule has 0 saturated carbocycles. The molecule has 1 atom stereocenters. The fourth-order valence-electron chi connectivity index (χ4n) is 4.40. The van der Waals surface area contributed by atoms with Gasteiger partial charge in [-0.05, 0) is 85.5 Å². The van der Waals surface area contributed by atoms with E-state index in [-0.39, 0.29) is 11.3 Å². The van der Waals surface area contributed by atoms with Crippen LogP contribution >= 0.6 is 34.5 Å². The Balaban J connectivity index is 1.72. The second-order valence-electron chi connectivity index (χ2n) is 9.82. The molecule has 1 heterocycles. The molecule has 0 unspecified atom stereocenters. The fourth-order valence-corrected chi connectivity index (χ4v) is 5.97. The molecule has 1 aliphatic rings. The number of rotatable bonds is 6. The summed E-state index contributed by atoms with van der Waals surface area (Å²) in [6, 6.07) is 12.6. The number of hydrogen-bond donors (Lipinski definition) is 1. The number of aliphatic imine (C=N–C) groups is 1. The van der Waals surface area contributed by atoms with Gasteiger partial charge in [-0.25, -0.2) is 4.99 Å². The van der Waals surface area contributed by atoms with Crippen LogP contribution in [0.5, 0.6) is 5.75 Å². The van der Waals surface area contributed by atoms with Gasteiger partial charge >= 0.3 is 0 Å². The predicted octanol–water partition coefficient (Wildman–Crippen LogP) is 8.61. The fraction of sp³-hybridized carbons (Fsp3) is 0.357. The Morgan fingerprint density at radius 3 is 2.57 bits per heavy atom. The highest BCUT2D eigenvalue weighted by Crippen LogP contribution is 2.45. The van der Waals surface area contributed by atoms with Gasteiger partial charge in [0, 0.05) is 32.4 Å². The van der Waals surface area contributed by atoms with E-state index in [0.29, 0.717) is 44.6 Å². The smallest absolute Gasteiger partial charge is 0.259 e. The van der Waals surface area contributed by atoms with E-state index in [1.54, 1.807) is 47.9 Å². The summed E-state index contributed by atoms with van der Waals surface area (Å²) in [5, 5.41) is 4.97. The topological polar surface area (TPSA) is 50.7 Å². The van der Waals surface area contributed by atoms with E-state index >= 15 is 0 Å². The molecule has 2 aromatic carbocycles. The van der Waals surface area contributed by atoms with Gasteiger partial charge in [0.25, 0.3) is 5.91 Å². The maximum Gasteiger partial charge on any atom is 0.259 e. The first-order chi connectivity index (χ1) is 16.7. The molecule has 0 saturated heterocycles. The number of nitrogens with zero attached hydrogens (tertiary/aromatic N) is 1. The van der Waals surface area contributed by atoms with E-state index in [1.807, 2.05) is 19.1 Å². The number of fused-ring (bicyclic) bond motifs is 1. The summed E-state index contributed by atoms with van der Waals surface area (Å²) in [5.41, 5.74) is 3.46. The number of nitrogens with one attached hydrogen (secondary N) is 1. The number of benzene rings is 2. The van der Waals surface area contributed by atoms with Crippen molar-refractivity contribution in [3.05, 3.63) is 74.1 Å². The number of halogens is 2. The van der Waals surface area contributed by atoms with Crippen LogP contribution in [0, 0.1) is 11.3 Å². The van der Waals surface area contributed by atoms with Gasteiger partial charge in [0.1, 0.15) is 10.8 Å². The second kappa shape index (κ2) is 10.7. The van der Waals surface area contributed by atoms with E-state index < -0.39 is 0 Å². The standard InChI is InChI=1S/C28H30Cl2N2O2S/c1-5-34-23-13-9-20(30)14-17(23)16-31-27-25(26(33)32-21-10-7-19(29)8-11-21)22-12-6-18(28(2,3)4)15-24(22)35-27/h7-11,13-14,16,18H,5-6,12,15H2,1-4H3,(H,32,33)/t18-/m1/s1. The molecule has 0 fully saturated rings. The lowest BCUT2D eigenvalue weighted by molar-refractivity contribution is 0.102. The average molecular weight is 530 g/mol. The first kappa shape index (κ1) is 25.7. The quantitative estimate of drug-likeness (QED) is 0.325.